The van der Waals surface area contributed by atoms with E-state index in [1.165, 1.54) is 0 Å². The highest BCUT2D eigenvalue weighted by Gasteiger charge is 2.34. The second-order valence-corrected chi connectivity index (χ2v) is 5.34. The summed E-state index contributed by atoms with van der Waals surface area (Å²) >= 11 is 0. The zero-order chi connectivity index (χ0) is 13.1. The number of nitrogens with one attached hydrogen (secondary N) is 1. The fourth-order valence-electron chi connectivity index (χ4n) is 1.98. The van der Waals surface area contributed by atoms with Gasteiger partial charge in [-0.3, -0.25) is 14.7 Å². The van der Waals surface area contributed by atoms with Gasteiger partial charge in [-0.2, -0.15) is 12.7 Å². The van der Waals surface area contributed by atoms with Gasteiger partial charge in [0, 0.05) is 6.92 Å². The van der Waals surface area contributed by atoms with Crippen LogP contribution in [0.25, 0.3) is 0 Å². The quantitative estimate of drug-likeness (QED) is 0.714. The molecule has 0 unspecified atom stereocenters. The first-order valence-corrected chi connectivity index (χ1v) is 6.80. The van der Waals surface area contributed by atoms with E-state index in [1.807, 2.05) is 5.32 Å². The third-order valence-corrected chi connectivity index (χ3v) is 3.60. The molecule has 0 radical (unpaired) electrons. The van der Waals surface area contributed by atoms with Gasteiger partial charge < -0.3 is 0 Å². The number of carbonyl (C=O) groups is 2. The Bertz CT molecular complexity index is 400. The Labute approximate surface area is 100 Å². The maximum absolute atomic E-state index is 11.6. The topological polar surface area (TPSA) is 104 Å². The van der Waals surface area contributed by atoms with E-state index in [0.29, 0.717) is 17.1 Å². The second kappa shape index (κ2) is 5.46. The van der Waals surface area contributed by atoms with Gasteiger partial charge >= 0.3 is 16.3 Å². The van der Waals surface area contributed by atoms with Crippen LogP contribution in [0.1, 0.15) is 39.0 Å². The summed E-state index contributed by atoms with van der Waals surface area (Å²) in [6.45, 7) is 1.10. The van der Waals surface area contributed by atoms with Crippen LogP contribution in [0.5, 0.6) is 0 Å². The lowest BCUT2D eigenvalue weighted by Crippen LogP contribution is -2.50. The average molecular weight is 264 g/mol. The highest BCUT2D eigenvalue weighted by Crippen LogP contribution is 2.24. The second-order valence-electron chi connectivity index (χ2n) is 4.05. The van der Waals surface area contributed by atoms with Crippen LogP contribution in [-0.2, 0) is 15.1 Å². The molecule has 1 saturated carbocycles. The lowest BCUT2D eigenvalue weighted by atomic mass is 9.96. The minimum atomic E-state index is -4.64. The van der Waals surface area contributed by atoms with Crippen molar-refractivity contribution in [3.05, 3.63) is 0 Å². The molecule has 7 nitrogen and oxygen atoms in total. The fraction of sp³-hybridized carbons (Fsp3) is 0.778. The Morgan fingerprint density at radius 2 is 1.76 bits per heavy atom. The third-order valence-electron chi connectivity index (χ3n) is 2.64. The molecule has 0 aliphatic heterocycles. The summed E-state index contributed by atoms with van der Waals surface area (Å²) in [6, 6.07) is -1.66. The summed E-state index contributed by atoms with van der Waals surface area (Å²) in [5.41, 5.74) is 0. The molecule has 0 atom stereocenters. The van der Waals surface area contributed by atoms with Crippen molar-refractivity contribution in [2.45, 2.75) is 45.1 Å². The van der Waals surface area contributed by atoms with E-state index >= 15 is 0 Å². The van der Waals surface area contributed by atoms with E-state index in [0.717, 1.165) is 26.2 Å². The SMILES string of the molecule is CC(=O)NC(=O)N(C1CCCCC1)S(=O)(=O)O. The molecule has 0 aromatic heterocycles. The monoisotopic (exact) mass is 264 g/mol. The molecule has 0 saturated heterocycles. The van der Waals surface area contributed by atoms with Crippen LogP contribution in [-0.4, -0.2) is 35.3 Å². The molecule has 0 bridgehead atoms. The molecule has 0 aromatic rings. The number of carbonyl (C=O) groups excluding carboxylic acids is 2. The first kappa shape index (κ1) is 13.9. The summed E-state index contributed by atoms with van der Waals surface area (Å²) in [5, 5.41) is 1.86. The first-order valence-electron chi connectivity index (χ1n) is 5.41. The van der Waals surface area contributed by atoms with Gasteiger partial charge in [0.25, 0.3) is 0 Å². The van der Waals surface area contributed by atoms with E-state index in [2.05, 4.69) is 0 Å². The highest BCUT2D eigenvalue weighted by atomic mass is 32.2. The summed E-state index contributed by atoms with van der Waals surface area (Å²) in [6.07, 6.45) is 3.58. The summed E-state index contributed by atoms with van der Waals surface area (Å²) in [4.78, 5) is 22.3. The maximum Gasteiger partial charge on any atom is 0.363 e. The Morgan fingerprint density at radius 3 is 2.18 bits per heavy atom. The predicted molar refractivity (Wildman–Crippen MR) is 59.5 cm³/mol. The van der Waals surface area contributed by atoms with Crippen LogP contribution >= 0.6 is 0 Å². The number of rotatable bonds is 2. The first-order chi connectivity index (χ1) is 7.82. The molecular weight excluding hydrogens is 248 g/mol. The molecular formula is C9H16N2O5S. The maximum atomic E-state index is 11.6. The van der Waals surface area contributed by atoms with Crippen molar-refractivity contribution in [1.82, 2.24) is 9.62 Å². The molecule has 1 fully saturated rings. The molecule has 0 heterocycles. The van der Waals surface area contributed by atoms with Crippen LogP contribution in [0.2, 0.25) is 0 Å². The molecule has 17 heavy (non-hydrogen) atoms. The number of imide groups is 1. The lowest BCUT2D eigenvalue weighted by molar-refractivity contribution is -0.118. The number of nitrogens with zero attached hydrogens (tertiary/aromatic N) is 1. The zero-order valence-corrected chi connectivity index (χ0v) is 10.4. The van der Waals surface area contributed by atoms with Gasteiger partial charge in [-0.25, -0.2) is 4.79 Å². The van der Waals surface area contributed by atoms with Crippen molar-refractivity contribution < 1.29 is 22.6 Å². The van der Waals surface area contributed by atoms with Crippen molar-refractivity contribution in [2.24, 2.45) is 0 Å². The van der Waals surface area contributed by atoms with Crippen LogP contribution in [0, 0.1) is 0 Å². The largest absolute Gasteiger partial charge is 0.363 e. The van der Waals surface area contributed by atoms with E-state index in [9.17, 15) is 18.0 Å². The average Bonchev–Trinajstić information content (AvgIpc) is 2.15. The van der Waals surface area contributed by atoms with Crippen LogP contribution in [0.3, 0.4) is 0 Å². The molecule has 1 aliphatic rings. The van der Waals surface area contributed by atoms with Gasteiger partial charge in [-0.05, 0) is 12.8 Å². The van der Waals surface area contributed by atoms with E-state index < -0.39 is 28.3 Å². The highest BCUT2D eigenvalue weighted by molar-refractivity contribution is 7.84. The van der Waals surface area contributed by atoms with Crippen molar-refractivity contribution in [2.75, 3.05) is 0 Å². The van der Waals surface area contributed by atoms with Gasteiger partial charge in [-0.15, -0.1) is 0 Å². The predicted octanol–water partition coefficient (Wildman–Crippen LogP) is 0.680. The number of urea groups is 1. The van der Waals surface area contributed by atoms with Gasteiger partial charge in [0.05, 0.1) is 6.04 Å². The van der Waals surface area contributed by atoms with Crippen LogP contribution in [0.4, 0.5) is 4.79 Å². The summed E-state index contributed by atoms with van der Waals surface area (Å²) < 4.78 is 31.7. The molecule has 8 heteroatoms. The normalized spacial score (nSPS) is 17.5. The Morgan fingerprint density at radius 1 is 1.24 bits per heavy atom. The van der Waals surface area contributed by atoms with Crippen molar-refractivity contribution in [1.29, 1.82) is 0 Å². The molecule has 98 valence electrons. The van der Waals surface area contributed by atoms with Crippen molar-refractivity contribution in [3.63, 3.8) is 0 Å². The summed E-state index contributed by atoms with van der Waals surface area (Å²) in [5.74, 6) is -0.667. The van der Waals surface area contributed by atoms with Gasteiger partial charge in [0.2, 0.25) is 5.91 Å². The molecule has 1 aliphatic carbocycles. The summed E-state index contributed by atoms with van der Waals surface area (Å²) in [7, 11) is -4.64. The van der Waals surface area contributed by atoms with Crippen molar-refractivity contribution >= 4 is 22.2 Å². The Hall–Kier alpha value is -1.15. The van der Waals surface area contributed by atoms with E-state index in [1.54, 1.807) is 0 Å². The lowest BCUT2D eigenvalue weighted by Gasteiger charge is -2.30. The third kappa shape index (κ3) is 3.97. The number of hydrogen-bond acceptors (Lipinski definition) is 4. The van der Waals surface area contributed by atoms with Crippen LogP contribution < -0.4 is 5.32 Å². The fourth-order valence-corrected chi connectivity index (χ4v) is 2.82. The number of hydrogen-bond donors (Lipinski definition) is 2. The van der Waals surface area contributed by atoms with Crippen LogP contribution in [0.15, 0.2) is 0 Å². The minimum absolute atomic E-state index is 0.369. The molecule has 0 aromatic carbocycles. The smallest absolute Gasteiger partial charge is 0.277 e. The zero-order valence-electron chi connectivity index (χ0n) is 9.55. The molecule has 0 spiro atoms. The van der Waals surface area contributed by atoms with Crippen molar-refractivity contribution in [3.8, 4) is 0 Å². The molecule has 3 amide bonds. The van der Waals surface area contributed by atoms with E-state index in [4.69, 9.17) is 4.55 Å². The molecule has 2 N–H and O–H groups in total. The minimum Gasteiger partial charge on any atom is -0.277 e. The van der Waals surface area contributed by atoms with E-state index in [-0.39, 0.29) is 0 Å². The Balaban J connectivity index is 2.87. The van der Waals surface area contributed by atoms with Gasteiger partial charge in [-0.1, -0.05) is 19.3 Å². The number of amides is 3. The Kier molecular flexibility index (Phi) is 4.47. The molecule has 1 rings (SSSR count). The standard InChI is InChI=1S/C9H16N2O5S/c1-7(12)10-9(13)11(17(14,15)16)8-5-3-2-4-6-8/h8H,2-6H2,1H3,(H,10,12,13)(H,14,15,16). The van der Waals surface area contributed by atoms with Gasteiger partial charge in [0.15, 0.2) is 0 Å². The van der Waals surface area contributed by atoms with Gasteiger partial charge in [0.1, 0.15) is 0 Å².